The van der Waals surface area contributed by atoms with E-state index in [0.717, 1.165) is 11.3 Å². The Bertz CT molecular complexity index is 432. The lowest BCUT2D eigenvalue weighted by Crippen LogP contribution is -2.00. The standard InChI is InChI=1S/C12H15NO3S/c1-3-12(14)10-5-9(8-17-4-2)6-11(7-10)13(15)16/h5-7H,3-4,8H2,1-2H3. The van der Waals surface area contributed by atoms with E-state index in [9.17, 15) is 14.9 Å². The van der Waals surface area contributed by atoms with Crippen LogP contribution in [0.5, 0.6) is 0 Å². The summed E-state index contributed by atoms with van der Waals surface area (Å²) in [5, 5.41) is 10.8. The minimum atomic E-state index is -0.452. The highest BCUT2D eigenvalue weighted by Crippen LogP contribution is 2.21. The molecule has 5 heteroatoms. The van der Waals surface area contributed by atoms with E-state index in [1.807, 2.05) is 6.92 Å². The highest BCUT2D eigenvalue weighted by atomic mass is 32.2. The lowest BCUT2D eigenvalue weighted by molar-refractivity contribution is -0.384. The summed E-state index contributed by atoms with van der Waals surface area (Å²) in [4.78, 5) is 21.9. The lowest BCUT2D eigenvalue weighted by Gasteiger charge is -2.04. The molecule has 1 rings (SSSR count). The number of carbonyl (C=O) groups is 1. The summed E-state index contributed by atoms with van der Waals surface area (Å²) in [7, 11) is 0. The number of thioether (sulfide) groups is 1. The Kier molecular flexibility index (Phi) is 5.15. The van der Waals surface area contributed by atoms with Crippen LogP contribution in [0, 0.1) is 10.1 Å². The van der Waals surface area contributed by atoms with Gasteiger partial charge < -0.3 is 0 Å². The van der Waals surface area contributed by atoms with Crippen molar-refractivity contribution < 1.29 is 9.72 Å². The SMILES string of the molecule is CCSCc1cc(C(=O)CC)cc([N+](=O)[O-])c1. The topological polar surface area (TPSA) is 60.2 Å². The number of non-ortho nitro benzene ring substituents is 1. The quantitative estimate of drug-likeness (QED) is 0.442. The molecule has 0 heterocycles. The van der Waals surface area contributed by atoms with Crippen molar-refractivity contribution >= 4 is 23.2 Å². The molecule has 0 unspecified atom stereocenters. The second-order valence-corrected chi connectivity index (χ2v) is 4.83. The average Bonchev–Trinajstić information content (AvgIpc) is 2.34. The van der Waals surface area contributed by atoms with Gasteiger partial charge >= 0.3 is 0 Å². The zero-order valence-corrected chi connectivity index (χ0v) is 10.8. The van der Waals surface area contributed by atoms with Gasteiger partial charge in [-0.05, 0) is 17.4 Å². The maximum atomic E-state index is 11.6. The average molecular weight is 253 g/mol. The van der Waals surface area contributed by atoms with E-state index in [1.54, 1.807) is 24.8 Å². The molecule has 0 amide bonds. The summed E-state index contributed by atoms with van der Waals surface area (Å²) in [6.45, 7) is 3.78. The number of nitro groups is 1. The molecule has 0 bridgehead atoms. The molecule has 0 radical (unpaired) electrons. The van der Waals surface area contributed by atoms with Crippen molar-refractivity contribution in [2.45, 2.75) is 26.0 Å². The Morgan fingerprint density at radius 2 is 2.06 bits per heavy atom. The number of hydrogen-bond donors (Lipinski definition) is 0. The normalized spacial score (nSPS) is 10.2. The van der Waals surface area contributed by atoms with Crippen molar-refractivity contribution in [1.29, 1.82) is 0 Å². The van der Waals surface area contributed by atoms with Crippen LogP contribution in [0.3, 0.4) is 0 Å². The molecule has 4 nitrogen and oxygen atoms in total. The first-order chi connectivity index (χ1) is 8.08. The molecular formula is C12H15NO3S. The largest absolute Gasteiger partial charge is 0.294 e. The highest BCUT2D eigenvalue weighted by Gasteiger charge is 2.13. The third-order valence-electron chi connectivity index (χ3n) is 2.30. The summed E-state index contributed by atoms with van der Waals surface area (Å²) in [6.07, 6.45) is 0.363. The molecule has 1 aromatic rings. The molecule has 0 aliphatic rings. The first kappa shape index (κ1) is 13.7. The van der Waals surface area contributed by atoms with Crippen LogP contribution in [-0.4, -0.2) is 16.5 Å². The van der Waals surface area contributed by atoms with Gasteiger partial charge in [-0.2, -0.15) is 11.8 Å². The van der Waals surface area contributed by atoms with Gasteiger partial charge in [0.2, 0.25) is 0 Å². The van der Waals surface area contributed by atoms with Gasteiger partial charge in [0.05, 0.1) is 4.92 Å². The molecule has 0 aliphatic heterocycles. The fourth-order valence-corrected chi connectivity index (χ4v) is 2.05. The van der Waals surface area contributed by atoms with E-state index in [1.165, 1.54) is 12.1 Å². The number of Topliss-reactive ketones (excluding diaryl/α,β-unsaturated/α-hetero) is 1. The number of hydrogen-bond acceptors (Lipinski definition) is 4. The van der Waals surface area contributed by atoms with Gasteiger partial charge in [0.1, 0.15) is 0 Å². The molecule has 17 heavy (non-hydrogen) atoms. The number of rotatable bonds is 6. The molecule has 0 aromatic heterocycles. The van der Waals surface area contributed by atoms with E-state index in [0.29, 0.717) is 17.7 Å². The summed E-state index contributed by atoms with van der Waals surface area (Å²) >= 11 is 1.68. The molecule has 0 atom stereocenters. The third kappa shape index (κ3) is 3.85. The summed E-state index contributed by atoms with van der Waals surface area (Å²) in [5.74, 6) is 1.58. The van der Waals surface area contributed by atoms with Crippen LogP contribution < -0.4 is 0 Å². The molecule has 0 saturated carbocycles. The van der Waals surface area contributed by atoms with E-state index >= 15 is 0 Å². The number of benzene rings is 1. The Morgan fingerprint density at radius 1 is 1.35 bits per heavy atom. The predicted molar refractivity (Wildman–Crippen MR) is 69.6 cm³/mol. The van der Waals surface area contributed by atoms with Crippen LogP contribution in [-0.2, 0) is 5.75 Å². The van der Waals surface area contributed by atoms with Gasteiger partial charge in [0, 0.05) is 29.9 Å². The van der Waals surface area contributed by atoms with Crippen molar-refractivity contribution in [2.24, 2.45) is 0 Å². The summed E-state index contributed by atoms with van der Waals surface area (Å²) in [5.41, 5.74) is 1.27. The van der Waals surface area contributed by atoms with Crippen LogP contribution in [0.1, 0.15) is 36.2 Å². The Labute approximate surface area is 105 Å². The van der Waals surface area contributed by atoms with E-state index in [4.69, 9.17) is 0 Å². The molecule has 1 aromatic carbocycles. The van der Waals surface area contributed by atoms with Crippen LogP contribution in [0.25, 0.3) is 0 Å². The smallest absolute Gasteiger partial charge is 0.270 e. The highest BCUT2D eigenvalue weighted by molar-refractivity contribution is 7.98. The third-order valence-corrected chi connectivity index (χ3v) is 3.25. The van der Waals surface area contributed by atoms with Crippen LogP contribution >= 0.6 is 11.8 Å². The van der Waals surface area contributed by atoms with Gasteiger partial charge in [0.15, 0.2) is 5.78 Å². The van der Waals surface area contributed by atoms with Crippen LogP contribution in [0.4, 0.5) is 5.69 Å². The van der Waals surface area contributed by atoms with Crippen molar-refractivity contribution in [1.82, 2.24) is 0 Å². The molecule has 92 valence electrons. The minimum absolute atomic E-state index is 0.00370. The van der Waals surface area contributed by atoms with Gasteiger partial charge in [-0.3, -0.25) is 14.9 Å². The molecule has 0 aliphatic carbocycles. The van der Waals surface area contributed by atoms with Crippen molar-refractivity contribution in [2.75, 3.05) is 5.75 Å². The van der Waals surface area contributed by atoms with Crippen molar-refractivity contribution in [3.05, 3.63) is 39.4 Å². The van der Waals surface area contributed by atoms with Gasteiger partial charge in [-0.25, -0.2) is 0 Å². The Balaban J connectivity index is 3.09. The molecule has 0 saturated heterocycles. The van der Waals surface area contributed by atoms with Crippen LogP contribution in [0.15, 0.2) is 18.2 Å². The van der Waals surface area contributed by atoms with Crippen LogP contribution in [0.2, 0.25) is 0 Å². The van der Waals surface area contributed by atoms with Gasteiger partial charge in [-0.1, -0.05) is 13.8 Å². The van der Waals surface area contributed by atoms with E-state index in [2.05, 4.69) is 0 Å². The second-order valence-electron chi connectivity index (χ2n) is 3.56. The number of nitro benzene ring substituents is 1. The number of nitrogens with zero attached hydrogens (tertiary/aromatic N) is 1. The number of carbonyl (C=O) groups excluding carboxylic acids is 1. The molecule has 0 fully saturated rings. The zero-order valence-electron chi connectivity index (χ0n) is 9.93. The molecule has 0 N–H and O–H groups in total. The fourth-order valence-electron chi connectivity index (χ4n) is 1.45. The van der Waals surface area contributed by atoms with Crippen molar-refractivity contribution in [3.8, 4) is 0 Å². The molecule has 0 spiro atoms. The lowest BCUT2D eigenvalue weighted by atomic mass is 10.1. The summed E-state index contributed by atoms with van der Waals surface area (Å²) in [6, 6.07) is 4.64. The van der Waals surface area contributed by atoms with E-state index < -0.39 is 4.92 Å². The van der Waals surface area contributed by atoms with E-state index in [-0.39, 0.29) is 11.5 Å². The molecular weight excluding hydrogens is 238 g/mol. The predicted octanol–water partition coefficient (Wildman–Crippen LogP) is 3.44. The zero-order chi connectivity index (χ0) is 12.8. The summed E-state index contributed by atoms with van der Waals surface area (Å²) < 4.78 is 0. The first-order valence-electron chi connectivity index (χ1n) is 5.47. The monoisotopic (exact) mass is 253 g/mol. The van der Waals surface area contributed by atoms with Crippen molar-refractivity contribution in [3.63, 3.8) is 0 Å². The maximum Gasteiger partial charge on any atom is 0.270 e. The first-order valence-corrected chi connectivity index (χ1v) is 6.63. The Hall–Kier alpha value is -1.36. The fraction of sp³-hybridized carbons (Fsp3) is 0.417. The second kappa shape index (κ2) is 6.39. The number of ketones is 1. The van der Waals surface area contributed by atoms with Gasteiger partial charge in [-0.15, -0.1) is 0 Å². The Morgan fingerprint density at radius 3 is 2.59 bits per heavy atom. The van der Waals surface area contributed by atoms with Gasteiger partial charge in [0.25, 0.3) is 5.69 Å². The minimum Gasteiger partial charge on any atom is -0.294 e. The maximum absolute atomic E-state index is 11.6.